The van der Waals surface area contributed by atoms with E-state index >= 15 is 0 Å². The van der Waals surface area contributed by atoms with Crippen molar-refractivity contribution in [2.75, 3.05) is 20.7 Å². The topological polar surface area (TPSA) is 38.5 Å². The number of thiocarbonyl (C=S) groups is 1. The van der Waals surface area contributed by atoms with Gasteiger partial charge in [0.2, 0.25) is 0 Å². The first kappa shape index (κ1) is 15.3. The third kappa shape index (κ3) is 3.93. The van der Waals surface area contributed by atoms with Crippen LogP contribution in [0, 0.1) is 5.92 Å². The summed E-state index contributed by atoms with van der Waals surface area (Å²) in [6.45, 7) is 2.11. The lowest BCUT2D eigenvalue weighted by Gasteiger charge is -2.21. The van der Waals surface area contributed by atoms with E-state index in [1.807, 2.05) is 12.1 Å². The Morgan fingerprint density at radius 1 is 1.40 bits per heavy atom. The van der Waals surface area contributed by atoms with Crippen molar-refractivity contribution in [3.63, 3.8) is 0 Å². The van der Waals surface area contributed by atoms with E-state index in [0.717, 1.165) is 23.8 Å². The number of rotatable bonds is 6. The van der Waals surface area contributed by atoms with Crippen molar-refractivity contribution in [1.29, 1.82) is 0 Å². The predicted octanol–water partition coefficient (Wildman–Crippen LogP) is 2.95. The number of ether oxygens (including phenoxy) is 1. The Bertz CT molecular complexity index is 470. The van der Waals surface area contributed by atoms with Crippen LogP contribution < -0.4 is 10.5 Å². The molecule has 4 heteroatoms. The lowest BCUT2D eigenvalue weighted by molar-refractivity contribution is 0.271. The molecule has 1 aromatic rings. The fourth-order valence-electron chi connectivity index (χ4n) is 3.05. The molecule has 2 rings (SSSR count). The van der Waals surface area contributed by atoms with Gasteiger partial charge in [-0.1, -0.05) is 31.1 Å². The lowest BCUT2D eigenvalue weighted by atomic mass is 10.1. The number of hydrogen-bond donors (Lipinski definition) is 1. The van der Waals surface area contributed by atoms with Crippen molar-refractivity contribution < 1.29 is 4.74 Å². The Hall–Kier alpha value is -1.13. The smallest absolute Gasteiger partial charge is 0.129 e. The third-order valence-corrected chi connectivity index (χ3v) is 4.25. The second-order valence-electron chi connectivity index (χ2n) is 5.75. The van der Waals surface area contributed by atoms with Crippen LogP contribution in [0.15, 0.2) is 18.2 Å². The van der Waals surface area contributed by atoms with Gasteiger partial charge in [-0.2, -0.15) is 0 Å². The summed E-state index contributed by atoms with van der Waals surface area (Å²) >= 11 is 5.03. The molecule has 20 heavy (non-hydrogen) atoms. The Labute approximate surface area is 127 Å². The number of nitrogens with zero attached hydrogens (tertiary/aromatic N) is 1. The summed E-state index contributed by atoms with van der Waals surface area (Å²) in [6.07, 6.45) is 5.56. The van der Waals surface area contributed by atoms with Crippen molar-refractivity contribution in [3.8, 4) is 5.75 Å². The Morgan fingerprint density at radius 3 is 2.70 bits per heavy atom. The molecule has 0 aliphatic heterocycles. The fraction of sp³-hybridized carbons (Fsp3) is 0.562. The second kappa shape index (κ2) is 7.04. The van der Waals surface area contributed by atoms with E-state index in [2.05, 4.69) is 18.0 Å². The van der Waals surface area contributed by atoms with E-state index < -0.39 is 0 Å². The number of methoxy groups -OCH3 is 1. The third-order valence-electron chi connectivity index (χ3n) is 4.03. The molecule has 2 N–H and O–H groups in total. The molecular weight excluding hydrogens is 268 g/mol. The highest BCUT2D eigenvalue weighted by molar-refractivity contribution is 7.80. The average Bonchev–Trinajstić information content (AvgIpc) is 2.90. The van der Waals surface area contributed by atoms with Crippen LogP contribution in [-0.4, -0.2) is 30.6 Å². The zero-order valence-electron chi connectivity index (χ0n) is 12.4. The predicted molar refractivity (Wildman–Crippen MR) is 87.2 cm³/mol. The lowest BCUT2D eigenvalue weighted by Crippen LogP contribution is -2.24. The quantitative estimate of drug-likeness (QED) is 0.818. The van der Waals surface area contributed by atoms with Crippen LogP contribution in [0.4, 0.5) is 0 Å². The molecule has 0 amide bonds. The van der Waals surface area contributed by atoms with Gasteiger partial charge in [-0.15, -0.1) is 0 Å². The summed E-state index contributed by atoms with van der Waals surface area (Å²) in [5, 5.41) is 0. The van der Waals surface area contributed by atoms with Gasteiger partial charge >= 0.3 is 0 Å². The molecule has 0 spiro atoms. The van der Waals surface area contributed by atoms with Crippen LogP contribution in [0.5, 0.6) is 5.75 Å². The van der Waals surface area contributed by atoms with E-state index in [-0.39, 0.29) is 0 Å². The van der Waals surface area contributed by atoms with E-state index in [0.29, 0.717) is 4.99 Å². The van der Waals surface area contributed by atoms with E-state index in [4.69, 9.17) is 22.7 Å². The van der Waals surface area contributed by atoms with Crippen molar-refractivity contribution in [2.45, 2.75) is 32.2 Å². The summed E-state index contributed by atoms with van der Waals surface area (Å²) in [4.78, 5) is 2.78. The normalized spacial score (nSPS) is 15.8. The maximum absolute atomic E-state index is 5.69. The standard InChI is InChI=1S/C16H24N2OS/c1-18(10-12-5-3-4-6-12)11-13-7-8-14(16(17)20)15(9-13)19-2/h7-9,12H,3-6,10-11H2,1-2H3,(H2,17,20). The minimum Gasteiger partial charge on any atom is -0.496 e. The Kier molecular flexibility index (Phi) is 5.38. The molecule has 0 saturated heterocycles. The molecule has 1 aromatic carbocycles. The molecule has 0 aromatic heterocycles. The van der Waals surface area contributed by atoms with Gasteiger partial charge in [0.15, 0.2) is 0 Å². The summed E-state index contributed by atoms with van der Waals surface area (Å²) in [7, 11) is 3.84. The van der Waals surface area contributed by atoms with Gasteiger partial charge < -0.3 is 15.4 Å². The summed E-state index contributed by atoms with van der Waals surface area (Å²) < 4.78 is 5.38. The van der Waals surface area contributed by atoms with Crippen LogP contribution in [0.3, 0.4) is 0 Å². The highest BCUT2D eigenvalue weighted by atomic mass is 32.1. The van der Waals surface area contributed by atoms with E-state index in [9.17, 15) is 0 Å². The fourth-order valence-corrected chi connectivity index (χ4v) is 3.22. The van der Waals surface area contributed by atoms with Crippen LogP contribution in [0.2, 0.25) is 0 Å². The maximum Gasteiger partial charge on any atom is 0.129 e. The molecule has 1 aliphatic rings. The Morgan fingerprint density at radius 2 is 2.10 bits per heavy atom. The van der Waals surface area contributed by atoms with Crippen LogP contribution in [-0.2, 0) is 6.54 Å². The first-order chi connectivity index (χ1) is 9.60. The van der Waals surface area contributed by atoms with Crippen molar-refractivity contribution >= 4 is 17.2 Å². The number of nitrogens with two attached hydrogens (primary N) is 1. The zero-order chi connectivity index (χ0) is 14.5. The molecule has 0 atom stereocenters. The number of hydrogen-bond acceptors (Lipinski definition) is 3. The highest BCUT2D eigenvalue weighted by Gasteiger charge is 2.17. The molecule has 1 fully saturated rings. The van der Waals surface area contributed by atoms with Crippen molar-refractivity contribution in [2.24, 2.45) is 11.7 Å². The first-order valence-corrected chi connectivity index (χ1v) is 7.66. The summed E-state index contributed by atoms with van der Waals surface area (Å²) in [5.41, 5.74) is 7.74. The maximum atomic E-state index is 5.69. The molecular formula is C16H24N2OS. The minimum absolute atomic E-state index is 0.382. The SMILES string of the molecule is COc1cc(CN(C)CC2CCCC2)ccc1C(N)=S. The van der Waals surface area contributed by atoms with Crippen LogP contribution in [0.1, 0.15) is 36.8 Å². The second-order valence-corrected chi connectivity index (χ2v) is 6.19. The molecule has 1 saturated carbocycles. The molecule has 3 nitrogen and oxygen atoms in total. The van der Waals surface area contributed by atoms with E-state index in [1.54, 1.807) is 7.11 Å². The summed E-state index contributed by atoms with van der Waals surface area (Å²) in [6, 6.07) is 6.09. The average molecular weight is 292 g/mol. The molecule has 110 valence electrons. The molecule has 1 aliphatic carbocycles. The van der Waals surface area contributed by atoms with Gasteiger partial charge in [-0.3, -0.25) is 0 Å². The first-order valence-electron chi connectivity index (χ1n) is 7.25. The zero-order valence-corrected chi connectivity index (χ0v) is 13.2. The molecule has 0 bridgehead atoms. The van der Waals surface area contributed by atoms with Gasteiger partial charge in [-0.05, 0) is 43.5 Å². The van der Waals surface area contributed by atoms with Gasteiger partial charge in [0.05, 0.1) is 12.7 Å². The van der Waals surface area contributed by atoms with Crippen LogP contribution >= 0.6 is 12.2 Å². The Balaban J connectivity index is 1.99. The summed E-state index contributed by atoms with van der Waals surface area (Å²) in [5.74, 6) is 1.64. The molecule has 0 unspecified atom stereocenters. The number of benzene rings is 1. The van der Waals surface area contributed by atoms with Crippen LogP contribution in [0.25, 0.3) is 0 Å². The van der Waals surface area contributed by atoms with Gasteiger partial charge in [0.25, 0.3) is 0 Å². The van der Waals surface area contributed by atoms with E-state index in [1.165, 1.54) is 37.8 Å². The van der Waals surface area contributed by atoms with Crippen molar-refractivity contribution in [3.05, 3.63) is 29.3 Å². The molecule has 0 radical (unpaired) electrons. The minimum atomic E-state index is 0.382. The largest absolute Gasteiger partial charge is 0.496 e. The van der Waals surface area contributed by atoms with Crippen molar-refractivity contribution in [1.82, 2.24) is 4.90 Å². The molecule has 0 heterocycles. The highest BCUT2D eigenvalue weighted by Crippen LogP contribution is 2.26. The monoisotopic (exact) mass is 292 g/mol. The van der Waals surface area contributed by atoms with Gasteiger partial charge in [0, 0.05) is 13.1 Å². The van der Waals surface area contributed by atoms with Gasteiger partial charge in [0.1, 0.15) is 10.7 Å². The van der Waals surface area contributed by atoms with Gasteiger partial charge in [-0.25, -0.2) is 0 Å².